The molecular formula is C32H45N3O5. The van der Waals surface area contributed by atoms with E-state index in [0.29, 0.717) is 26.3 Å². The van der Waals surface area contributed by atoms with Gasteiger partial charge in [0.15, 0.2) is 0 Å². The highest BCUT2D eigenvalue weighted by atomic mass is 16.5. The van der Waals surface area contributed by atoms with E-state index in [2.05, 4.69) is 36.2 Å². The minimum Gasteiger partial charge on any atom is -0.493 e. The molecule has 1 fully saturated rings. The number of ether oxygens (including phenoxy) is 3. The number of benzene rings is 1. The number of aryl methyl sites for hydroxylation is 3. The van der Waals surface area contributed by atoms with Crippen molar-refractivity contribution < 1.29 is 24.1 Å². The van der Waals surface area contributed by atoms with Gasteiger partial charge in [-0.15, -0.1) is 0 Å². The number of hydrogen-bond donors (Lipinski definition) is 2. The first-order chi connectivity index (χ1) is 19.2. The fourth-order valence-electron chi connectivity index (χ4n) is 6.29. The Morgan fingerprint density at radius 3 is 2.95 bits per heavy atom. The molecule has 1 unspecified atom stereocenters. The smallest absolute Gasteiger partial charge is 0.325 e. The predicted octanol–water partition coefficient (Wildman–Crippen LogP) is 4.96. The van der Waals surface area contributed by atoms with E-state index >= 15 is 0 Å². The predicted molar refractivity (Wildman–Crippen MR) is 155 cm³/mol. The van der Waals surface area contributed by atoms with E-state index in [0.717, 1.165) is 79.0 Å². The lowest BCUT2D eigenvalue weighted by Gasteiger charge is -2.38. The molecule has 0 aliphatic carbocycles. The van der Waals surface area contributed by atoms with E-state index in [1.807, 2.05) is 19.1 Å². The van der Waals surface area contributed by atoms with Gasteiger partial charge in [0.25, 0.3) is 0 Å². The Bertz CT molecular complexity index is 1200. The molecule has 1 saturated heterocycles. The zero-order valence-corrected chi connectivity index (χ0v) is 24.5. The molecule has 218 valence electrons. The van der Waals surface area contributed by atoms with Gasteiger partial charge >= 0.3 is 5.97 Å². The van der Waals surface area contributed by atoms with Gasteiger partial charge < -0.3 is 24.6 Å². The van der Waals surface area contributed by atoms with Crippen LogP contribution in [-0.4, -0.2) is 72.6 Å². The molecule has 1 aromatic heterocycles. The summed E-state index contributed by atoms with van der Waals surface area (Å²) in [5.74, 6) is 1.18. The number of nitrogens with one attached hydrogen (secondary N) is 1. The highest BCUT2D eigenvalue weighted by molar-refractivity contribution is 5.77. The van der Waals surface area contributed by atoms with Crippen molar-refractivity contribution >= 4 is 11.8 Å². The summed E-state index contributed by atoms with van der Waals surface area (Å²) in [5, 5.41) is 13.8. The van der Waals surface area contributed by atoms with Crippen LogP contribution in [-0.2, 0) is 33.5 Å². The number of aliphatic carboxylic acids is 1. The fraction of sp³-hybridized carbons (Fsp3) is 0.625. The van der Waals surface area contributed by atoms with Crippen molar-refractivity contribution in [2.75, 3.05) is 45.3 Å². The van der Waals surface area contributed by atoms with Gasteiger partial charge in [0, 0.05) is 50.5 Å². The van der Waals surface area contributed by atoms with Crippen molar-refractivity contribution in [2.45, 2.75) is 83.5 Å². The Morgan fingerprint density at radius 2 is 2.15 bits per heavy atom. The van der Waals surface area contributed by atoms with E-state index in [4.69, 9.17) is 19.2 Å². The zero-order valence-electron chi connectivity index (χ0n) is 24.5. The molecule has 0 bridgehead atoms. The molecule has 2 aromatic rings. The third-order valence-corrected chi connectivity index (χ3v) is 8.99. The Balaban J connectivity index is 1.17. The van der Waals surface area contributed by atoms with Crippen LogP contribution >= 0.6 is 0 Å². The summed E-state index contributed by atoms with van der Waals surface area (Å²) in [5.41, 5.74) is 4.94. The molecule has 1 aromatic carbocycles. The van der Waals surface area contributed by atoms with Crippen LogP contribution in [0.15, 0.2) is 24.3 Å². The summed E-state index contributed by atoms with van der Waals surface area (Å²) in [7, 11) is 1.72. The van der Waals surface area contributed by atoms with Crippen LogP contribution in [0.5, 0.6) is 5.75 Å². The first-order valence-electron chi connectivity index (χ1n) is 14.9. The number of methoxy groups -OCH3 is 1. The van der Waals surface area contributed by atoms with Gasteiger partial charge in [0.1, 0.15) is 17.6 Å². The van der Waals surface area contributed by atoms with Crippen molar-refractivity contribution in [1.29, 1.82) is 0 Å². The molecule has 3 aliphatic rings. The SMILES string of the molecule is COC(C)(C)C1COc2cc(C)cc([C@H](C(=O)O)N3CC[C@@H](OCCCCc4ccc5c(n4)NCCC5)C3)c2C1. The Kier molecular flexibility index (Phi) is 8.98. The van der Waals surface area contributed by atoms with Gasteiger partial charge in [-0.1, -0.05) is 12.1 Å². The molecule has 0 amide bonds. The summed E-state index contributed by atoms with van der Waals surface area (Å²) >= 11 is 0. The van der Waals surface area contributed by atoms with Crippen LogP contribution < -0.4 is 10.1 Å². The number of hydrogen-bond acceptors (Lipinski definition) is 7. The van der Waals surface area contributed by atoms with Gasteiger partial charge in [-0.3, -0.25) is 9.69 Å². The number of aromatic nitrogens is 1. The quantitative estimate of drug-likeness (QED) is 0.379. The van der Waals surface area contributed by atoms with E-state index in [9.17, 15) is 9.90 Å². The monoisotopic (exact) mass is 551 g/mol. The first kappa shape index (κ1) is 28.8. The van der Waals surface area contributed by atoms with Crippen LogP contribution in [0.25, 0.3) is 0 Å². The third kappa shape index (κ3) is 6.45. The molecule has 0 radical (unpaired) electrons. The van der Waals surface area contributed by atoms with E-state index in [1.54, 1.807) is 7.11 Å². The number of carboxylic acid groups (broad SMARTS) is 1. The van der Waals surface area contributed by atoms with Crippen molar-refractivity contribution in [3.63, 3.8) is 0 Å². The minimum atomic E-state index is -0.825. The standard InChI is InChI=1S/C32H45N3O5/c1-21-16-27(26-18-23(32(2,3)38-4)20-40-28(26)17-21)29(31(36)37)35-14-12-25(19-35)39-15-6-5-9-24-11-10-22-8-7-13-33-30(22)34-24/h10-11,16-17,23,25,29H,5-9,12-15,18-20H2,1-4H3,(H,33,34)(H,36,37)/t23?,25-,29-/m1/s1. The topological polar surface area (TPSA) is 93.2 Å². The number of anilines is 1. The Labute approximate surface area is 238 Å². The molecular weight excluding hydrogens is 506 g/mol. The molecule has 4 heterocycles. The molecule has 5 rings (SSSR count). The number of unbranched alkanes of at least 4 members (excludes halogenated alkanes) is 1. The minimum absolute atomic E-state index is 0.0463. The number of likely N-dealkylation sites (tertiary alicyclic amines) is 1. The molecule has 8 heteroatoms. The maximum atomic E-state index is 12.7. The average molecular weight is 552 g/mol. The van der Waals surface area contributed by atoms with Crippen LogP contribution in [0, 0.1) is 12.8 Å². The van der Waals surface area contributed by atoms with E-state index in [1.165, 1.54) is 12.0 Å². The molecule has 40 heavy (non-hydrogen) atoms. The van der Waals surface area contributed by atoms with Crippen LogP contribution in [0.2, 0.25) is 0 Å². The third-order valence-electron chi connectivity index (χ3n) is 8.99. The van der Waals surface area contributed by atoms with Crippen molar-refractivity contribution in [3.05, 3.63) is 52.2 Å². The van der Waals surface area contributed by atoms with Crippen molar-refractivity contribution in [2.24, 2.45) is 5.92 Å². The molecule has 0 spiro atoms. The Morgan fingerprint density at radius 1 is 1.30 bits per heavy atom. The van der Waals surface area contributed by atoms with Gasteiger partial charge in [-0.05, 0) is 94.5 Å². The fourth-order valence-corrected chi connectivity index (χ4v) is 6.29. The normalized spacial score (nSPS) is 21.7. The van der Waals surface area contributed by atoms with Gasteiger partial charge in [0.2, 0.25) is 0 Å². The number of pyridine rings is 1. The second kappa shape index (κ2) is 12.5. The van der Waals surface area contributed by atoms with Gasteiger partial charge in [-0.2, -0.15) is 0 Å². The first-order valence-corrected chi connectivity index (χ1v) is 14.9. The summed E-state index contributed by atoms with van der Waals surface area (Å²) < 4.78 is 18.2. The second-order valence-corrected chi connectivity index (χ2v) is 12.2. The van der Waals surface area contributed by atoms with Crippen molar-refractivity contribution in [3.8, 4) is 5.75 Å². The van der Waals surface area contributed by atoms with Gasteiger partial charge in [0.05, 0.1) is 18.3 Å². The number of fused-ring (bicyclic) bond motifs is 2. The van der Waals surface area contributed by atoms with Crippen LogP contribution in [0.1, 0.15) is 73.5 Å². The molecule has 3 atom stereocenters. The largest absolute Gasteiger partial charge is 0.493 e. The van der Waals surface area contributed by atoms with Crippen LogP contribution in [0.3, 0.4) is 0 Å². The zero-order chi connectivity index (χ0) is 28.3. The lowest BCUT2D eigenvalue weighted by molar-refractivity contribution is -0.143. The number of nitrogens with zero attached hydrogens (tertiary/aromatic N) is 2. The molecule has 0 saturated carbocycles. The lowest BCUT2D eigenvalue weighted by Crippen LogP contribution is -2.41. The lowest BCUT2D eigenvalue weighted by atomic mass is 9.81. The summed E-state index contributed by atoms with van der Waals surface area (Å²) in [6.45, 7) is 9.70. The maximum Gasteiger partial charge on any atom is 0.325 e. The summed E-state index contributed by atoms with van der Waals surface area (Å²) in [6.07, 6.45) is 6.83. The molecule has 2 N–H and O–H groups in total. The number of carboxylic acids is 1. The number of rotatable bonds is 11. The van der Waals surface area contributed by atoms with Crippen molar-refractivity contribution in [1.82, 2.24) is 9.88 Å². The average Bonchev–Trinajstić information content (AvgIpc) is 3.40. The maximum absolute atomic E-state index is 12.7. The molecule has 3 aliphatic heterocycles. The van der Waals surface area contributed by atoms with E-state index in [-0.39, 0.29) is 17.6 Å². The van der Waals surface area contributed by atoms with E-state index < -0.39 is 12.0 Å². The van der Waals surface area contributed by atoms with Crippen LogP contribution in [0.4, 0.5) is 5.82 Å². The summed E-state index contributed by atoms with van der Waals surface area (Å²) in [4.78, 5) is 19.5. The van der Waals surface area contributed by atoms with Gasteiger partial charge in [-0.25, -0.2) is 4.98 Å². The highest BCUT2D eigenvalue weighted by Crippen LogP contribution is 2.40. The highest BCUT2D eigenvalue weighted by Gasteiger charge is 2.39. The number of carbonyl (C=O) groups is 1. The summed E-state index contributed by atoms with van der Waals surface area (Å²) in [6, 6.07) is 7.70. The second-order valence-electron chi connectivity index (χ2n) is 12.2. The molecule has 8 nitrogen and oxygen atoms in total. The Hall–Kier alpha value is -2.68.